The summed E-state index contributed by atoms with van der Waals surface area (Å²) in [5.74, 6) is 0. The van der Waals surface area contributed by atoms with Gasteiger partial charge in [0.2, 0.25) is 0 Å². The molecule has 0 spiro atoms. The molecule has 98 valence electrons. The molecule has 18 heavy (non-hydrogen) atoms. The zero-order valence-corrected chi connectivity index (χ0v) is 12.1. The highest BCUT2D eigenvalue weighted by Crippen LogP contribution is 2.27. The van der Waals surface area contributed by atoms with E-state index < -0.39 is 0 Å². The maximum atomic E-state index is 4.65. The van der Waals surface area contributed by atoms with Gasteiger partial charge in [-0.25, -0.2) is 4.98 Å². The van der Waals surface area contributed by atoms with E-state index in [2.05, 4.69) is 42.3 Å². The number of nitrogens with one attached hydrogen (secondary N) is 1. The molecule has 0 aliphatic heterocycles. The van der Waals surface area contributed by atoms with E-state index in [1.54, 1.807) is 11.3 Å². The highest BCUT2D eigenvalue weighted by atomic mass is 32.1. The summed E-state index contributed by atoms with van der Waals surface area (Å²) in [5, 5.41) is 4.69. The highest BCUT2D eigenvalue weighted by Gasteiger charge is 2.10. The number of thiazole rings is 1. The average Bonchev–Trinajstić information content (AvgIpc) is 2.78. The Bertz CT molecular complexity index is 445. The van der Waals surface area contributed by atoms with E-state index in [0.29, 0.717) is 6.04 Å². The maximum absolute atomic E-state index is 4.65. The fourth-order valence-electron chi connectivity index (χ4n) is 2.20. The molecule has 3 heteroatoms. The smallest absolute Gasteiger partial charge is 0.184 e. The summed E-state index contributed by atoms with van der Waals surface area (Å²) in [6, 6.07) is 8.92. The first-order valence-corrected chi connectivity index (χ1v) is 7.77. The topological polar surface area (TPSA) is 24.9 Å². The van der Waals surface area contributed by atoms with Gasteiger partial charge >= 0.3 is 0 Å². The molecular weight excluding hydrogens is 240 g/mol. The molecule has 1 unspecified atom stereocenters. The van der Waals surface area contributed by atoms with Gasteiger partial charge in [-0.15, -0.1) is 0 Å². The van der Waals surface area contributed by atoms with Crippen LogP contribution in [0.1, 0.15) is 46.0 Å². The van der Waals surface area contributed by atoms with Crippen molar-refractivity contribution >= 4 is 26.7 Å². The average molecular weight is 262 g/mol. The molecule has 1 heterocycles. The first-order chi connectivity index (χ1) is 8.83. The number of nitrogens with zero attached hydrogens (tertiary/aromatic N) is 1. The van der Waals surface area contributed by atoms with Crippen molar-refractivity contribution in [2.45, 2.75) is 52.0 Å². The van der Waals surface area contributed by atoms with Gasteiger partial charge < -0.3 is 5.32 Å². The Morgan fingerprint density at radius 3 is 2.72 bits per heavy atom. The molecule has 1 aromatic heterocycles. The minimum atomic E-state index is 0.579. The monoisotopic (exact) mass is 262 g/mol. The number of fused-ring (bicyclic) bond motifs is 1. The third kappa shape index (κ3) is 3.45. The summed E-state index contributed by atoms with van der Waals surface area (Å²) in [6.45, 7) is 4.50. The second kappa shape index (κ2) is 6.74. The second-order valence-electron chi connectivity index (χ2n) is 4.76. The van der Waals surface area contributed by atoms with Crippen LogP contribution >= 0.6 is 11.3 Å². The van der Waals surface area contributed by atoms with Crippen LogP contribution in [0.25, 0.3) is 10.2 Å². The molecule has 1 aromatic carbocycles. The number of unbranched alkanes of at least 4 members (excludes halogenated alkanes) is 1. The van der Waals surface area contributed by atoms with E-state index >= 15 is 0 Å². The first kappa shape index (κ1) is 13.3. The summed E-state index contributed by atoms with van der Waals surface area (Å²) >= 11 is 1.76. The molecule has 0 amide bonds. The van der Waals surface area contributed by atoms with Crippen molar-refractivity contribution in [1.82, 2.24) is 4.98 Å². The largest absolute Gasteiger partial charge is 0.359 e. The van der Waals surface area contributed by atoms with Crippen molar-refractivity contribution in [3.63, 3.8) is 0 Å². The van der Waals surface area contributed by atoms with Crippen molar-refractivity contribution in [3.05, 3.63) is 24.3 Å². The van der Waals surface area contributed by atoms with Crippen LogP contribution in [0.4, 0.5) is 5.13 Å². The standard InChI is InChI=1S/C15H22N2S/c1-3-5-9-12(8-4-2)16-15-17-13-10-6-7-11-14(13)18-15/h6-7,10-12H,3-5,8-9H2,1-2H3,(H,16,17). The van der Waals surface area contributed by atoms with E-state index in [9.17, 15) is 0 Å². The van der Waals surface area contributed by atoms with Crippen LogP contribution in [-0.2, 0) is 0 Å². The second-order valence-corrected chi connectivity index (χ2v) is 5.79. The van der Waals surface area contributed by atoms with Gasteiger partial charge in [-0.05, 0) is 25.0 Å². The fourth-order valence-corrected chi connectivity index (χ4v) is 3.14. The minimum absolute atomic E-state index is 0.579. The van der Waals surface area contributed by atoms with Gasteiger partial charge in [0.25, 0.3) is 0 Å². The van der Waals surface area contributed by atoms with E-state index in [0.717, 1.165) is 10.6 Å². The predicted molar refractivity (Wildman–Crippen MR) is 81.5 cm³/mol. The normalized spacial score (nSPS) is 12.8. The van der Waals surface area contributed by atoms with Crippen LogP contribution in [0.15, 0.2) is 24.3 Å². The van der Waals surface area contributed by atoms with Gasteiger partial charge in [0, 0.05) is 6.04 Å². The number of hydrogen-bond acceptors (Lipinski definition) is 3. The zero-order chi connectivity index (χ0) is 12.8. The third-order valence-electron chi connectivity index (χ3n) is 3.16. The van der Waals surface area contributed by atoms with Crippen molar-refractivity contribution in [2.75, 3.05) is 5.32 Å². The van der Waals surface area contributed by atoms with E-state index in [1.165, 1.54) is 36.8 Å². The molecule has 2 aromatic rings. The molecule has 0 saturated carbocycles. The lowest BCUT2D eigenvalue weighted by Gasteiger charge is -2.16. The molecular formula is C15H22N2S. The first-order valence-electron chi connectivity index (χ1n) is 6.95. The zero-order valence-electron chi connectivity index (χ0n) is 11.3. The molecule has 2 rings (SSSR count). The summed E-state index contributed by atoms with van der Waals surface area (Å²) in [6.07, 6.45) is 6.27. The highest BCUT2D eigenvalue weighted by molar-refractivity contribution is 7.22. The Labute approximate surface area is 113 Å². The number of anilines is 1. The predicted octanol–water partition coefficient (Wildman–Crippen LogP) is 5.07. The summed E-state index contributed by atoms with van der Waals surface area (Å²) in [4.78, 5) is 4.65. The van der Waals surface area contributed by atoms with Crippen molar-refractivity contribution < 1.29 is 0 Å². The molecule has 2 nitrogen and oxygen atoms in total. The van der Waals surface area contributed by atoms with Crippen LogP contribution in [-0.4, -0.2) is 11.0 Å². The molecule has 1 N–H and O–H groups in total. The van der Waals surface area contributed by atoms with Crippen LogP contribution < -0.4 is 5.32 Å². The molecule has 0 aliphatic rings. The van der Waals surface area contributed by atoms with Crippen LogP contribution in [0.5, 0.6) is 0 Å². The molecule has 0 radical (unpaired) electrons. The van der Waals surface area contributed by atoms with Crippen molar-refractivity contribution in [1.29, 1.82) is 0 Å². The number of hydrogen-bond donors (Lipinski definition) is 1. The molecule has 1 atom stereocenters. The Balaban J connectivity index is 2.05. The van der Waals surface area contributed by atoms with Gasteiger partial charge in [0.15, 0.2) is 5.13 Å². The van der Waals surface area contributed by atoms with Crippen LogP contribution in [0, 0.1) is 0 Å². The maximum Gasteiger partial charge on any atom is 0.184 e. The number of para-hydroxylation sites is 1. The fraction of sp³-hybridized carbons (Fsp3) is 0.533. The summed E-state index contributed by atoms with van der Waals surface area (Å²) in [5.41, 5.74) is 1.11. The van der Waals surface area contributed by atoms with E-state index in [1.807, 2.05) is 6.07 Å². The summed E-state index contributed by atoms with van der Waals surface area (Å²) in [7, 11) is 0. The van der Waals surface area contributed by atoms with Gasteiger partial charge in [0.1, 0.15) is 0 Å². The Hall–Kier alpha value is -1.09. The third-order valence-corrected chi connectivity index (χ3v) is 4.13. The Morgan fingerprint density at radius 2 is 2.00 bits per heavy atom. The molecule has 0 fully saturated rings. The lowest BCUT2D eigenvalue weighted by molar-refractivity contribution is 0.564. The number of rotatable bonds is 7. The number of benzene rings is 1. The van der Waals surface area contributed by atoms with E-state index in [-0.39, 0.29) is 0 Å². The van der Waals surface area contributed by atoms with E-state index in [4.69, 9.17) is 0 Å². The van der Waals surface area contributed by atoms with Gasteiger partial charge in [-0.3, -0.25) is 0 Å². The van der Waals surface area contributed by atoms with Crippen LogP contribution in [0.2, 0.25) is 0 Å². The number of aromatic nitrogens is 1. The molecule has 0 bridgehead atoms. The van der Waals surface area contributed by atoms with Gasteiger partial charge in [-0.2, -0.15) is 0 Å². The van der Waals surface area contributed by atoms with Gasteiger partial charge in [0.05, 0.1) is 10.2 Å². The SMILES string of the molecule is CCCCC(CCC)Nc1nc2ccccc2s1. The molecule has 0 saturated heterocycles. The lowest BCUT2D eigenvalue weighted by Crippen LogP contribution is -2.18. The van der Waals surface area contributed by atoms with Crippen molar-refractivity contribution in [3.8, 4) is 0 Å². The minimum Gasteiger partial charge on any atom is -0.359 e. The van der Waals surface area contributed by atoms with Gasteiger partial charge in [-0.1, -0.05) is 56.6 Å². The Morgan fingerprint density at radius 1 is 1.17 bits per heavy atom. The quantitative estimate of drug-likeness (QED) is 0.753. The van der Waals surface area contributed by atoms with Crippen LogP contribution in [0.3, 0.4) is 0 Å². The van der Waals surface area contributed by atoms with Crippen molar-refractivity contribution in [2.24, 2.45) is 0 Å². The Kier molecular flexibility index (Phi) is 5.00. The lowest BCUT2D eigenvalue weighted by atomic mass is 10.1. The molecule has 0 aliphatic carbocycles. The summed E-state index contributed by atoms with van der Waals surface area (Å²) < 4.78 is 1.27.